The van der Waals surface area contributed by atoms with E-state index in [1.165, 1.54) is 18.2 Å². The average molecular weight is 450 g/mol. The second-order valence-corrected chi connectivity index (χ2v) is 10.4. The summed E-state index contributed by atoms with van der Waals surface area (Å²) in [5.41, 5.74) is 1.07. The molecule has 1 aliphatic heterocycles. The molecule has 160 valence electrons. The summed E-state index contributed by atoms with van der Waals surface area (Å²) in [7, 11) is -3.43. The molecule has 2 aromatic carbocycles. The van der Waals surface area contributed by atoms with Crippen molar-refractivity contribution >= 4 is 27.3 Å². The molecule has 2 aromatic rings. The molecular weight excluding hydrogens is 426 g/mol. The summed E-state index contributed by atoms with van der Waals surface area (Å²) in [4.78, 5) is 12.9. The van der Waals surface area contributed by atoms with Gasteiger partial charge in [-0.25, -0.2) is 8.42 Å². The second-order valence-electron chi connectivity index (χ2n) is 7.94. The number of benzene rings is 2. The molecule has 0 saturated heterocycles. The topological polar surface area (TPSA) is 81.7 Å². The van der Waals surface area contributed by atoms with Gasteiger partial charge in [-0.2, -0.15) is 0 Å². The number of halogens is 1. The van der Waals surface area contributed by atoms with Crippen molar-refractivity contribution in [2.24, 2.45) is 0 Å². The highest BCUT2D eigenvalue weighted by atomic mass is 35.5. The lowest BCUT2D eigenvalue weighted by atomic mass is 9.78. The largest absolute Gasteiger partial charge is 0.486 e. The van der Waals surface area contributed by atoms with Gasteiger partial charge in [0.1, 0.15) is 13.2 Å². The molecule has 1 heterocycles. The molecular formula is C22H24ClNO5S. The SMILES string of the molecule is CS(=O)(=O)c1ccc(Cl)c(C(=O)NCC2(c3ccc4c(c3)OCCO4)CCCC2)c1. The number of ether oxygens (including phenoxy) is 2. The standard InChI is InChI=1S/C22H24ClNO5S/c1-30(26,27)16-5-6-18(23)17(13-16)21(25)24-14-22(8-2-3-9-22)15-4-7-19-20(12-15)29-11-10-28-19/h4-7,12-13H,2-3,8-11,14H2,1H3,(H,24,25). The van der Waals surface area contributed by atoms with Crippen molar-refractivity contribution < 1.29 is 22.7 Å². The molecule has 2 aliphatic rings. The Balaban J connectivity index is 1.57. The smallest absolute Gasteiger partial charge is 0.252 e. The molecule has 1 aliphatic carbocycles. The van der Waals surface area contributed by atoms with Gasteiger partial charge in [-0.05, 0) is 48.7 Å². The number of amides is 1. The van der Waals surface area contributed by atoms with Crippen LogP contribution in [0.3, 0.4) is 0 Å². The minimum Gasteiger partial charge on any atom is -0.486 e. The molecule has 6 nitrogen and oxygen atoms in total. The first-order valence-corrected chi connectivity index (χ1v) is 12.2. The molecule has 4 rings (SSSR count). The van der Waals surface area contributed by atoms with Crippen molar-refractivity contribution in [3.05, 3.63) is 52.5 Å². The molecule has 0 bridgehead atoms. The van der Waals surface area contributed by atoms with Crippen LogP contribution in [0.25, 0.3) is 0 Å². The van der Waals surface area contributed by atoms with Crippen LogP contribution >= 0.6 is 11.6 Å². The van der Waals surface area contributed by atoms with Crippen LogP contribution in [-0.2, 0) is 15.3 Å². The van der Waals surface area contributed by atoms with E-state index in [0.717, 1.165) is 49.0 Å². The van der Waals surface area contributed by atoms with Crippen LogP contribution in [-0.4, -0.2) is 40.3 Å². The maximum atomic E-state index is 12.9. The van der Waals surface area contributed by atoms with Crippen molar-refractivity contribution in [1.82, 2.24) is 5.32 Å². The predicted octanol–water partition coefficient (Wildman–Crippen LogP) is 3.76. The third kappa shape index (κ3) is 4.14. The molecule has 0 atom stereocenters. The minimum absolute atomic E-state index is 0.0689. The van der Waals surface area contributed by atoms with E-state index < -0.39 is 9.84 Å². The fraction of sp³-hybridized carbons (Fsp3) is 0.409. The molecule has 1 N–H and O–H groups in total. The third-order valence-electron chi connectivity index (χ3n) is 5.91. The minimum atomic E-state index is -3.43. The summed E-state index contributed by atoms with van der Waals surface area (Å²) in [6, 6.07) is 10.2. The van der Waals surface area contributed by atoms with E-state index in [2.05, 4.69) is 5.32 Å². The summed E-state index contributed by atoms with van der Waals surface area (Å²) in [6.45, 7) is 1.50. The summed E-state index contributed by atoms with van der Waals surface area (Å²) in [5, 5.41) is 3.21. The van der Waals surface area contributed by atoms with Gasteiger partial charge >= 0.3 is 0 Å². The maximum absolute atomic E-state index is 12.9. The van der Waals surface area contributed by atoms with Gasteiger partial charge < -0.3 is 14.8 Å². The molecule has 1 saturated carbocycles. The van der Waals surface area contributed by atoms with Crippen molar-refractivity contribution in [1.29, 1.82) is 0 Å². The van der Waals surface area contributed by atoms with Crippen molar-refractivity contribution in [3.8, 4) is 11.5 Å². The number of nitrogens with one attached hydrogen (secondary N) is 1. The Morgan fingerprint density at radius 3 is 2.47 bits per heavy atom. The van der Waals surface area contributed by atoms with Crippen LogP contribution in [0.5, 0.6) is 11.5 Å². The van der Waals surface area contributed by atoms with E-state index in [1.54, 1.807) is 0 Å². The number of carbonyl (C=O) groups excluding carboxylic acids is 1. The van der Waals surface area contributed by atoms with Gasteiger partial charge in [0.05, 0.1) is 15.5 Å². The highest BCUT2D eigenvalue weighted by Gasteiger charge is 2.37. The van der Waals surface area contributed by atoms with E-state index in [-0.39, 0.29) is 26.8 Å². The van der Waals surface area contributed by atoms with Gasteiger partial charge in [0.25, 0.3) is 5.91 Å². The lowest BCUT2D eigenvalue weighted by Crippen LogP contribution is -2.39. The van der Waals surface area contributed by atoms with Crippen LogP contribution in [0.15, 0.2) is 41.3 Å². The van der Waals surface area contributed by atoms with Crippen LogP contribution in [0.2, 0.25) is 5.02 Å². The molecule has 1 fully saturated rings. The van der Waals surface area contributed by atoms with Crippen LogP contribution in [0.4, 0.5) is 0 Å². The molecule has 1 amide bonds. The quantitative estimate of drug-likeness (QED) is 0.751. The molecule has 0 radical (unpaired) electrons. The van der Waals surface area contributed by atoms with E-state index in [0.29, 0.717) is 19.8 Å². The first-order valence-electron chi connectivity index (χ1n) is 9.96. The number of carbonyl (C=O) groups is 1. The molecule has 0 unspecified atom stereocenters. The van der Waals surface area contributed by atoms with Gasteiger partial charge in [0, 0.05) is 18.2 Å². The van der Waals surface area contributed by atoms with Crippen LogP contribution < -0.4 is 14.8 Å². The Morgan fingerprint density at radius 2 is 1.77 bits per heavy atom. The Hall–Kier alpha value is -2.25. The highest BCUT2D eigenvalue weighted by molar-refractivity contribution is 7.90. The zero-order valence-corrected chi connectivity index (χ0v) is 18.3. The first-order chi connectivity index (χ1) is 14.3. The maximum Gasteiger partial charge on any atom is 0.252 e. The molecule has 0 aromatic heterocycles. The number of sulfone groups is 1. The van der Waals surface area contributed by atoms with E-state index in [9.17, 15) is 13.2 Å². The first kappa shape index (κ1) is 21.0. The predicted molar refractivity (Wildman–Crippen MR) is 114 cm³/mol. The normalized spacial score (nSPS) is 17.5. The zero-order valence-electron chi connectivity index (χ0n) is 16.7. The van der Waals surface area contributed by atoms with Crippen LogP contribution in [0.1, 0.15) is 41.6 Å². The average Bonchev–Trinajstić information content (AvgIpc) is 3.21. The van der Waals surface area contributed by atoms with Crippen molar-refractivity contribution in [3.63, 3.8) is 0 Å². The zero-order chi connectivity index (χ0) is 21.4. The van der Waals surface area contributed by atoms with Crippen molar-refractivity contribution in [2.75, 3.05) is 26.0 Å². The van der Waals surface area contributed by atoms with E-state index in [1.807, 2.05) is 18.2 Å². The van der Waals surface area contributed by atoms with E-state index >= 15 is 0 Å². The Bertz CT molecular complexity index is 1080. The summed E-state index contributed by atoms with van der Waals surface area (Å²) in [5.74, 6) is 1.10. The number of hydrogen-bond donors (Lipinski definition) is 1. The second kappa shape index (κ2) is 8.12. The number of hydrogen-bond acceptors (Lipinski definition) is 5. The van der Waals surface area contributed by atoms with Gasteiger partial charge in [-0.15, -0.1) is 0 Å². The lowest BCUT2D eigenvalue weighted by Gasteiger charge is -2.31. The Labute approximate surface area is 181 Å². The fourth-order valence-electron chi connectivity index (χ4n) is 4.25. The summed E-state index contributed by atoms with van der Waals surface area (Å²) >= 11 is 6.18. The lowest BCUT2D eigenvalue weighted by molar-refractivity contribution is 0.0943. The summed E-state index contributed by atoms with van der Waals surface area (Å²) in [6.07, 6.45) is 5.16. The Morgan fingerprint density at radius 1 is 1.07 bits per heavy atom. The molecule has 30 heavy (non-hydrogen) atoms. The van der Waals surface area contributed by atoms with Gasteiger partial charge in [0.2, 0.25) is 0 Å². The van der Waals surface area contributed by atoms with Gasteiger partial charge in [-0.3, -0.25) is 4.79 Å². The number of rotatable bonds is 5. The van der Waals surface area contributed by atoms with Crippen molar-refractivity contribution in [2.45, 2.75) is 36.0 Å². The molecule has 0 spiro atoms. The molecule has 8 heteroatoms. The fourth-order valence-corrected chi connectivity index (χ4v) is 5.10. The Kier molecular flexibility index (Phi) is 5.68. The van der Waals surface area contributed by atoms with Gasteiger partial charge in [-0.1, -0.05) is 30.5 Å². The van der Waals surface area contributed by atoms with Crippen LogP contribution in [0, 0.1) is 0 Å². The monoisotopic (exact) mass is 449 g/mol. The number of fused-ring (bicyclic) bond motifs is 1. The highest BCUT2D eigenvalue weighted by Crippen LogP contribution is 2.44. The van der Waals surface area contributed by atoms with E-state index in [4.69, 9.17) is 21.1 Å². The summed E-state index contributed by atoms with van der Waals surface area (Å²) < 4.78 is 35.0. The third-order valence-corrected chi connectivity index (χ3v) is 7.35. The van der Waals surface area contributed by atoms with Gasteiger partial charge in [0.15, 0.2) is 21.3 Å².